The first kappa shape index (κ1) is 10.4. The van der Waals surface area contributed by atoms with Crippen molar-refractivity contribution in [3.63, 3.8) is 0 Å². The highest BCUT2D eigenvalue weighted by atomic mass is 79.9. The van der Waals surface area contributed by atoms with Crippen LogP contribution in [-0.2, 0) is 11.3 Å². The average molecular weight is 271 g/mol. The van der Waals surface area contributed by atoms with Gasteiger partial charge in [0.2, 0.25) is 0 Å². The number of nitrogens with zero attached hydrogens (tertiary/aromatic N) is 2. The van der Waals surface area contributed by atoms with Crippen LogP contribution in [0.3, 0.4) is 0 Å². The Morgan fingerprint density at radius 1 is 1.67 bits per heavy atom. The highest BCUT2D eigenvalue weighted by molar-refractivity contribution is 9.10. The van der Waals surface area contributed by atoms with Crippen LogP contribution in [0.2, 0.25) is 0 Å². The van der Waals surface area contributed by atoms with Crippen LogP contribution in [0.1, 0.15) is 12.6 Å². The fourth-order valence-electron chi connectivity index (χ4n) is 1.49. The van der Waals surface area contributed by atoms with E-state index in [1.54, 1.807) is 11.1 Å². The van der Waals surface area contributed by atoms with Gasteiger partial charge in [0, 0.05) is 10.7 Å². The summed E-state index contributed by atoms with van der Waals surface area (Å²) < 4.78 is 5.95. The van der Waals surface area contributed by atoms with Crippen molar-refractivity contribution in [1.82, 2.24) is 9.88 Å². The van der Waals surface area contributed by atoms with Crippen LogP contribution in [0.5, 0.6) is 0 Å². The van der Waals surface area contributed by atoms with E-state index in [1.807, 2.05) is 19.1 Å². The SMILES string of the molecule is C[C@@H]1CN(Cc2ccc(Br)cn2)C(=O)O1. The van der Waals surface area contributed by atoms with E-state index in [0.717, 1.165) is 10.2 Å². The molecule has 5 heteroatoms. The van der Waals surface area contributed by atoms with Crippen molar-refractivity contribution in [3.05, 3.63) is 28.5 Å². The maximum atomic E-state index is 11.3. The third-order valence-electron chi connectivity index (χ3n) is 2.18. The Bertz CT molecular complexity index is 366. The van der Waals surface area contributed by atoms with Gasteiger partial charge in [0.15, 0.2) is 0 Å². The third-order valence-corrected chi connectivity index (χ3v) is 2.65. The minimum Gasteiger partial charge on any atom is -0.444 e. The van der Waals surface area contributed by atoms with Crippen LogP contribution in [0.25, 0.3) is 0 Å². The molecule has 0 radical (unpaired) electrons. The lowest BCUT2D eigenvalue weighted by Gasteiger charge is -2.11. The van der Waals surface area contributed by atoms with Gasteiger partial charge in [-0.3, -0.25) is 9.88 Å². The smallest absolute Gasteiger partial charge is 0.410 e. The van der Waals surface area contributed by atoms with Crippen LogP contribution in [0, 0.1) is 0 Å². The van der Waals surface area contributed by atoms with E-state index in [0.29, 0.717) is 13.1 Å². The Balaban J connectivity index is 2.03. The summed E-state index contributed by atoms with van der Waals surface area (Å²) in [6.07, 6.45) is 1.44. The summed E-state index contributed by atoms with van der Waals surface area (Å²) in [5, 5.41) is 0. The molecule has 1 aliphatic rings. The lowest BCUT2D eigenvalue weighted by atomic mass is 10.3. The quantitative estimate of drug-likeness (QED) is 0.828. The maximum absolute atomic E-state index is 11.3. The second kappa shape index (κ2) is 4.18. The summed E-state index contributed by atoms with van der Waals surface area (Å²) in [6, 6.07) is 3.80. The Labute approximate surface area is 96.4 Å². The zero-order valence-corrected chi connectivity index (χ0v) is 9.90. The van der Waals surface area contributed by atoms with Gasteiger partial charge >= 0.3 is 6.09 Å². The first-order valence-corrected chi connectivity index (χ1v) is 5.50. The number of halogens is 1. The molecule has 1 atom stereocenters. The molecule has 2 heterocycles. The van der Waals surface area contributed by atoms with Crippen LogP contribution in [0.15, 0.2) is 22.8 Å². The summed E-state index contributed by atoms with van der Waals surface area (Å²) in [4.78, 5) is 17.2. The van der Waals surface area contributed by atoms with E-state index in [4.69, 9.17) is 4.74 Å². The van der Waals surface area contributed by atoms with E-state index in [2.05, 4.69) is 20.9 Å². The number of cyclic esters (lactones) is 1. The largest absolute Gasteiger partial charge is 0.444 e. The molecule has 1 saturated heterocycles. The molecule has 1 aromatic rings. The van der Waals surface area contributed by atoms with Crippen molar-refractivity contribution < 1.29 is 9.53 Å². The molecule has 0 spiro atoms. The van der Waals surface area contributed by atoms with Crippen molar-refractivity contribution in [2.45, 2.75) is 19.6 Å². The molecule has 2 rings (SSSR count). The van der Waals surface area contributed by atoms with Gasteiger partial charge in [-0.05, 0) is 35.0 Å². The number of ether oxygens (including phenoxy) is 1. The summed E-state index contributed by atoms with van der Waals surface area (Å²) in [5.41, 5.74) is 0.865. The molecule has 1 fully saturated rings. The van der Waals surface area contributed by atoms with Crippen molar-refractivity contribution >= 4 is 22.0 Å². The standard InChI is InChI=1S/C10H11BrN2O2/c1-7-5-13(10(14)15-7)6-9-3-2-8(11)4-12-9/h2-4,7H,5-6H2,1H3/t7-/m1/s1. The fourth-order valence-corrected chi connectivity index (χ4v) is 1.73. The van der Waals surface area contributed by atoms with E-state index < -0.39 is 0 Å². The van der Waals surface area contributed by atoms with Crippen molar-refractivity contribution in [3.8, 4) is 0 Å². The van der Waals surface area contributed by atoms with E-state index in [1.165, 1.54) is 0 Å². The molecule has 1 aliphatic heterocycles. The lowest BCUT2D eigenvalue weighted by Crippen LogP contribution is -2.24. The maximum Gasteiger partial charge on any atom is 0.410 e. The number of pyridine rings is 1. The highest BCUT2D eigenvalue weighted by Crippen LogP contribution is 2.14. The summed E-state index contributed by atoms with van der Waals surface area (Å²) >= 11 is 3.31. The second-order valence-corrected chi connectivity index (χ2v) is 4.46. The Morgan fingerprint density at radius 3 is 3.00 bits per heavy atom. The zero-order valence-electron chi connectivity index (χ0n) is 8.31. The predicted molar refractivity (Wildman–Crippen MR) is 58.3 cm³/mol. The Hall–Kier alpha value is -1.10. The number of carbonyl (C=O) groups is 1. The van der Waals surface area contributed by atoms with Gasteiger partial charge in [-0.1, -0.05) is 0 Å². The van der Waals surface area contributed by atoms with E-state index >= 15 is 0 Å². The molecular weight excluding hydrogens is 260 g/mol. The number of hydrogen-bond acceptors (Lipinski definition) is 3. The molecular formula is C10H11BrN2O2. The first-order chi connectivity index (χ1) is 7.15. The van der Waals surface area contributed by atoms with Crippen molar-refractivity contribution in [2.75, 3.05) is 6.54 Å². The molecule has 0 N–H and O–H groups in total. The average Bonchev–Trinajstić information content (AvgIpc) is 2.49. The van der Waals surface area contributed by atoms with Crippen molar-refractivity contribution in [2.24, 2.45) is 0 Å². The molecule has 0 saturated carbocycles. The van der Waals surface area contributed by atoms with Gasteiger partial charge in [0.05, 0.1) is 18.8 Å². The van der Waals surface area contributed by atoms with Gasteiger partial charge in [0.1, 0.15) is 6.10 Å². The van der Waals surface area contributed by atoms with Gasteiger partial charge in [-0.2, -0.15) is 0 Å². The second-order valence-electron chi connectivity index (χ2n) is 3.54. The van der Waals surface area contributed by atoms with E-state index in [9.17, 15) is 4.79 Å². The molecule has 0 aliphatic carbocycles. The first-order valence-electron chi connectivity index (χ1n) is 4.71. The Morgan fingerprint density at radius 2 is 2.47 bits per heavy atom. The molecule has 80 valence electrons. The van der Waals surface area contributed by atoms with Crippen LogP contribution >= 0.6 is 15.9 Å². The molecule has 0 unspecified atom stereocenters. The van der Waals surface area contributed by atoms with Crippen LogP contribution < -0.4 is 0 Å². The van der Waals surface area contributed by atoms with E-state index in [-0.39, 0.29) is 12.2 Å². The normalized spacial score (nSPS) is 20.5. The monoisotopic (exact) mass is 270 g/mol. The number of hydrogen-bond donors (Lipinski definition) is 0. The molecule has 15 heavy (non-hydrogen) atoms. The molecule has 0 bridgehead atoms. The summed E-state index contributed by atoms with van der Waals surface area (Å²) in [6.45, 7) is 3.03. The summed E-state index contributed by atoms with van der Waals surface area (Å²) in [5.74, 6) is 0. The lowest BCUT2D eigenvalue weighted by molar-refractivity contribution is 0.137. The number of rotatable bonds is 2. The zero-order chi connectivity index (χ0) is 10.8. The third kappa shape index (κ3) is 2.47. The van der Waals surface area contributed by atoms with Crippen molar-refractivity contribution in [1.29, 1.82) is 0 Å². The van der Waals surface area contributed by atoms with Gasteiger partial charge < -0.3 is 4.74 Å². The highest BCUT2D eigenvalue weighted by Gasteiger charge is 2.27. The summed E-state index contributed by atoms with van der Waals surface area (Å²) in [7, 11) is 0. The predicted octanol–water partition coefficient (Wildman–Crippen LogP) is 2.18. The van der Waals surface area contributed by atoms with Gasteiger partial charge in [0.25, 0.3) is 0 Å². The minimum absolute atomic E-state index is 0.0204. The fraction of sp³-hybridized carbons (Fsp3) is 0.400. The number of aromatic nitrogens is 1. The topological polar surface area (TPSA) is 42.4 Å². The van der Waals surface area contributed by atoms with Crippen LogP contribution in [0.4, 0.5) is 4.79 Å². The van der Waals surface area contributed by atoms with Gasteiger partial charge in [-0.25, -0.2) is 4.79 Å². The molecule has 0 aromatic carbocycles. The van der Waals surface area contributed by atoms with Gasteiger partial charge in [-0.15, -0.1) is 0 Å². The molecule has 1 amide bonds. The number of amides is 1. The molecule has 4 nitrogen and oxygen atoms in total. The van der Waals surface area contributed by atoms with Crippen LogP contribution in [-0.4, -0.2) is 28.6 Å². The minimum atomic E-state index is -0.257. The number of carbonyl (C=O) groups excluding carboxylic acids is 1. The molecule has 1 aromatic heterocycles. The Kier molecular flexibility index (Phi) is 2.90.